The van der Waals surface area contributed by atoms with Crippen molar-refractivity contribution < 1.29 is 19.2 Å². The molecule has 2 aliphatic rings. The first-order chi connectivity index (χ1) is 17.5. The van der Waals surface area contributed by atoms with Gasteiger partial charge in [-0.25, -0.2) is 4.98 Å². The van der Waals surface area contributed by atoms with E-state index in [0.29, 0.717) is 37.2 Å². The van der Waals surface area contributed by atoms with E-state index in [1.807, 2.05) is 42.5 Å². The molecule has 0 unspecified atom stereocenters. The number of nitrogens with zero attached hydrogens (tertiary/aromatic N) is 2. The summed E-state index contributed by atoms with van der Waals surface area (Å²) in [6.45, 7) is 0.421. The highest BCUT2D eigenvalue weighted by Crippen LogP contribution is 2.23. The molecule has 4 amide bonds. The first kappa shape index (κ1) is 23.5. The van der Waals surface area contributed by atoms with Crippen molar-refractivity contribution in [3.05, 3.63) is 60.7 Å². The van der Waals surface area contributed by atoms with E-state index in [4.69, 9.17) is 0 Å². The Balaban J connectivity index is 1.30. The Bertz CT molecular complexity index is 1290. The molecule has 3 aromatic rings. The topological polar surface area (TPSA) is 136 Å². The molecule has 36 heavy (non-hydrogen) atoms. The summed E-state index contributed by atoms with van der Waals surface area (Å²) in [4.78, 5) is 59.7. The summed E-state index contributed by atoms with van der Waals surface area (Å²) in [5.74, 6) is -1.18. The van der Waals surface area contributed by atoms with Crippen LogP contribution in [0.5, 0.6) is 0 Å². The molecule has 4 N–H and O–H groups in total. The molecule has 0 saturated carbocycles. The summed E-state index contributed by atoms with van der Waals surface area (Å²) >= 11 is 0. The van der Waals surface area contributed by atoms with Gasteiger partial charge in [-0.3, -0.25) is 19.2 Å². The fraction of sp³-hybridized carbons (Fsp3) is 0.346. The summed E-state index contributed by atoms with van der Waals surface area (Å²) in [6, 6.07) is 11.4. The van der Waals surface area contributed by atoms with Crippen molar-refractivity contribution >= 4 is 40.1 Å². The molecule has 2 fully saturated rings. The van der Waals surface area contributed by atoms with E-state index in [2.05, 4.69) is 25.9 Å². The molecule has 0 spiro atoms. The lowest BCUT2D eigenvalue weighted by Crippen LogP contribution is -2.55. The van der Waals surface area contributed by atoms with Gasteiger partial charge in [0.2, 0.25) is 23.6 Å². The monoisotopic (exact) mass is 488 g/mol. The van der Waals surface area contributed by atoms with Crippen LogP contribution in [-0.4, -0.2) is 63.2 Å². The molecule has 10 heteroatoms. The second kappa shape index (κ2) is 10.2. The highest BCUT2D eigenvalue weighted by atomic mass is 16.2. The molecule has 2 saturated heterocycles. The predicted octanol–water partition coefficient (Wildman–Crippen LogP) is 1.50. The summed E-state index contributed by atoms with van der Waals surface area (Å²) in [5, 5.41) is 10.5. The van der Waals surface area contributed by atoms with Crippen LogP contribution in [0.3, 0.4) is 0 Å². The normalized spacial score (nSPS) is 20.2. The van der Waals surface area contributed by atoms with Crippen molar-refractivity contribution in [3.8, 4) is 0 Å². The van der Waals surface area contributed by atoms with Crippen molar-refractivity contribution in [3.63, 3.8) is 0 Å². The van der Waals surface area contributed by atoms with E-state index in [9.17, 15) is 19.2 Å². The zero-order valence-corrected chi connectivity index (χ0v) is 19.7. The van der Waals surface area contributed by atoms with Crippen LogP contribution in [0, 0.1) is 0 Å². The molecular weight excluding hydrogens is 460 g/mol. The van der Waals surface area contributed by atoms with Crippen molar-refractivity contribution in [2.24, 2.45) is 0 Å². The van der Waals surface area contributed by atoms with Crippen LogP contribution in [0.1, 0.15) is 31.4 Å². The van der Waals surface area contributed by atoms with Crippen LogP contribution in [0.4, 0.5) is 5.69 Å². The minimum absolute atomic E-state index is 0.184. The molecule has 0 radical (unpaired) electrons. The third-order valence-electron chi connectivity index (χ3n) is 6.76. The van der Waals surface area contributed by atoms with E-state index in [0.717, 1.165) is 10.8 Å². The number of hydrogen-bond acceptors (Lipinski definition) is 5. The number of carbonyl (C=O) groups excluding carboxylic acids is 4. The fourth-order valence-electron chi connectivity index (χ4n) is 4.90. The zero-order valence-electron chi connectivity index (χ0n) is 19.7. The van der Waals surface area contributed by atoms with Gasteiger partial charge in [0.1, 0.15) is 18.1 Å². The van der Waals surface area contributed by atoms with Gasteiger partial charge in [0, 0.05) is 37.0 Å². The molecule has 5 rings (SSSR count). The van der Waals surface area contributed by atoms with E-state index in [1.54, 1.807) is 11.1 Å². The Morgan fingerprint density at radius 2 is 1.92 bits per heavy atom. The molecule has 3 atom stereocenters. The van der Waals surface area contributed by atoms with Gasteiger partial charge in [-0.05, 0) is 42.2 Å². The fourth-order valence-corrected chi connectivity index (χ4v) is 4.90. The van der Waals surface area contributed by atoms with Crippen LogP contribution in [0.15, 0.2) is 55.0 Å². The van der Waals surface area contributed by atoms with Crippen molar-refractivity contribution in [1.29, 1.82) is 0 Å². The number of fused-ring (bicyclic) bond motifs is 1. The van der Waals surface area contributed by atoms with Gasteiger partial charge < -0.3 is 25.8 Å². The minimum Gasteiger partial charge on any atom is -0.348 e. The lowest BCUT2D eigenvalue weighted by Gasteiger charge is -2.29. The molecular formula is C26H28N6O4. The van der Waals surface area contributed by atoms with Gasteiger partial charge in [-0.1, -0.05) is 30.3 Å². The standard InChI is InChI=1S/C26H28N6O4/c33-23-10-9-20(30-23)24(34)31-21(13-19-14-27-15-28-19)26(36)32-11-3-6-22(32)25(35)29-18-8-7-16-4-1-2-5-17(16)12-18/h1-2,4-5,7-8,12,14-15,20-22H,3,6,9-11,13H2,(H,27,28)(H,29,35)(H,30,33)(H,31,34)/t20-,21+,22+/m1/s1. The number of amides is 4. The number of rotatable bonds is 7. The van der Waals surface area contributed by atoms with Gasteiger partial charge in [0.25, 0.3) is 0 Å². The number of aromatic nitrogens is 2. The number of carbonyl (C=O) groups is 4. The lowest BCUT2D eigenvalue weighted by atomic mass is 10.1. The minimum atomic E-state index is -0.899. The lowest BCUT2D eigenvalue weighted by molar-refractivity contribution is -0.140. The van der Waals surface area contributed by atoms with E-state index in [-0.39, 0.29) is 30.6 Å². The number of aromatic amines is 1. The molecule has 186 valence electrons. The van der Waals surface area contributed by atoms with E-state index < -0.39 is 24.0 Å². The van der Waals surface area contributed by atoms with E-state index >= 15 is 0 Å². The van der Waals surface area contributed by atoms with Crippen LogP contribution in [0.2, 0.25) is 0 Å². The molecule has 2 aliphatic heterocycles. The quantitative estimate of drug-likeness (QED) is 0.400. The number of anilines is 1. The van der Waals surface area contributed by atoms with E-state index in [1.165, 1.54) is 6.33 Å². The van der Waals surface area contributed by atoms with Crippen molar-refractivity contribution in [2.75, 3.05) is 11.9 Å². The number of likely N-dealkylation sites (tertiary alicyclic amines) is 1. The number of H-pyrrole nitrogens is 1. The summed E-state index contributed by atoms with van der Waals surface area (Å²) in [6.07, 6.45) is 5.18. The van der Waals surface area contributed by atoms with Crippen LogP contribution < -0.4 is 16.0 Å². The Labute approximate surface area is 207 Å². The third-order valence-corrected chi connectivity index (χ3v) is 6.76. The number of imidazole rings is 1. The van der Waals surface area contributed by atoms with Crippen LogP contribution >= 0.6 is 0 Å². The molecule has 0 bridgehead atoms. The Morgan fingerprint density at radius 1 is 1.08 bits per heavy atom. The number of nitrogens with one attached hydrogen (secondary N) is 4. The average Bonchev–Trinajstić information content (AvgIpc) is 3.65. The SMILES string of the molecule is O=C1CC[C@H](C(=O)N[C@@H](Cc2cnc[nH]2)C(=O)N2CCC[C@H]2C(=O)Nc2ccc3ccccc3c2)N1. The summed E-state index contributed by atoms with van der Waals surface area (Å²) in [7, 11) is 0. The second-order valence-electron chi connectivity index (χ2n) is 9.24. The maximum atomic E-state index is 13.6. The van der Waals surface area contributed by atoms with Gasteiger partial charge >= 0.3 is 0 Å². The Morgan fingerprint density at radius 3 is 2.67 bits per heavy atom. The summed E-state index contributed by atoms with van der Waals surface area (Å²) in [5.41, 5.74) is 1.35. The van der Waals surface area contributed by atoms with Gasteiger partial charge in [-0.15, -0.1) is 0 Å². The van der Waals surface area contributed by atoms with Gasteiger partial charge in [0.15, 0.2) is 0 Å². The van der Waals surface area contributed by atoms with Gasteiger partial charge in [0.05, 0.1) is 6.33 Å². The predicted molar refractivity (Wildman–Crippen MR) is 133 cm³/mol. The Hall–Kier alpha value is -4.21. The second-order valence-corrected chi connectivity index (χ2v) is 9.24. The number of hydrogen-bond donors (Lipinski definition) is 4. The third kappa shape index (κ3) is 5.07. The molecule has 3 heterocycles. The van der Waals surface area contributed by atoms with Gasteiger partial charge in [-0.2, -0.15) is 0 Å². The molecule has 0 aliphatic carbocycles. The molecule has 1 aromatic heterocycles. The van der Waals surface area contributed by atoms with Crippen LogP contribution in [-0.2, 0) is 25.6 Å². The average molecular weight is 489 g/mol. The maximum absolute atomic E-state index is 13.6. The maximum Gasteiger partial charge on any atom is 0.247 e. The smallest absolute Gasteiger partial charge is 0.247 e. The summed E-state index contributed by atoms with van der Waals surface area (Å²) < 4.78 is 0. The molecule has 2 aromatic carbocycles. The molecule has 10 nitrogen and oxygen atoms in total. The van der Waals surface area contributed by atoms with Crippen molar-refractivity contribution in [1.82, 2.24) is 25.5 Å². The van der Waals surface area contributed by atoms with Crippen LogP contribution in [0.25, 0.3) is 10.8 Å². The highest BCUT2D eigenvalue weighted by Gasteiger charge is 2.39. The largest absolute Gasteiger partial charge is 0.348 e. The Kier molecular flexibility index (Phi) is 6.66. The van der Waals surface area contributed by atoms with Crippen molar-refractivity contribution in [2.45, 2.75) is 50.2 Å². The first-order valence-corrected chi connectivity index (χ1v) is 12.1. The number of benzene rings is 2. The first-order valence-electron chi connectivity index (χ1n) is 12.1. The highest BCUT2D eigenvalue weighted by molar-refractivity contribution is 6.00. The zero-order chi connectivity index (χ0) is 25.1.